The van der Waals surface area contributed by atoms with Crippen molar-refractivity contribution in [3.8, 4) is 33.4 Å². The van der Waals surface area contributed by atoms with Gasteiger partial charge in [0, 0.05) is 16.3 Å². The van der Waals surface area contributed by atoms with Gasteiger partial charge in [0.05, 0.1) is 0 Å². The number of furan rings is 1. The molecule has 206 valence electrons. The minimum atomic E-state index is 0.0777. The lowest BCUT2D eigenvalue weighted by atomic mass is 9.85. The highest BCUT2D eigenvalue weighted by atomic mass is 16.3. The lowest BCUT2D eigenvalue weighted by Crippen LogP contribution is -2.10. The van der Waals surface area contributed by atoms with Gasteiger partial charge in [-0.2, -0.15) is 0 Å². The molecule has 1 aromatic heterocycles. The standard InChI is InChI=1S/C42H32O/c1-42(2,3)30-16-11-15-28(25-30)31-21-12-22-36-37-26-29(23-24-38(37)43-41(31)36)40-34-19-9-7-17-32(34)39(27-13-5-4-6-14-27)33-18-8-10-20-35(33)40/h4-26H,1-3H3. The Kier molecular flexibility index (Phi) is 5.77. The normalized spacial score (nSPS) is 12.1. The predicted molar refractivity (Wildman–Crippen MR) is 184 cm³/mol. The van der Waals surface area contributed by atoms with Crippen LogP contribution in [0.25, 0.3) is 76.9 Å². The van der Waals surface area contributed by atoms with Crippen molar-refractivity contribution in [2.75, 3.05) is 0 Å². The minimum Gasteiger partial charge on any atom is -0.455 e. The number of rotatable bonds is 3. The first-order chi connectivity index (χ1) is 21.0. The maximum Gasteiger partial charge on any atom is 0.143 e. The van der Waals surface area contributed by atoms with E-state index in [0.717, 1.165) is 27.5 Å². The highest BCUT2D eigenvalue weighted by Gasteiger charge is 2.19. The average molecular weight is 553 g/mol. The van der Waals surface area contributed by atoms with E-state index < -0.39 is 0 Å². The van der Waals surface area contributed by atoms with Crippen molar-refractivity contribution < 1.29 is 4.42 Å². The van der Waals surface area contributed by atoms with Crippen LogP contribution in [0.2, 0.25) is 0 Å². The van der Waals surface area contributed by atoms with E-state index in [1.54, 1.807) is 0 Å². The molecule has 0 radical (unpaired) electrons. The van der Waals surface area contributed by atoms with Crippen molar-refractivity contribution in [1.82, 2.24) is 0 Å². The molecule has 0 spiro atoms. The first-order valence-electron chi connectivity index (χ1n) is 15.0. The van der Waals surface area contributed by atoms with Crippen molar-refractivity contribution in [3.05, 3.63) is 145 Å². The fraction of sp³-hybridized carbons (Fsp3) is 0.0952. The number of hydrogen-bond acceptors (Lipinski definition) is 1. The van der Waals surface area contributed by atoms with Gasteiger partial charge in [0.1, 0.15) is 11.2 Å². The van der Waals surface area contributed by atoms with Crippen LogP contribution in [-0.4, -0.2) is 0 Å². The van der Waals surface area contributed by atoms with E-state index in [1.807, 2.05) is 0 Å². The minimum absolute atomic E-state index is 0.0777. The van der Waals surface area contributed by atoms with Crippen LogP contribution in [0.3, 0.4) is 0 Å². The molecular formula is C42H32O. The molecule has 1 heterocycles. The summed E-state index contributed by atoms with van der Waals surface area (Å²) in [5.74, 6) is 0. The summed E-state index contributed by atoms with van der Waals surface area (Å²) >= 11 is 0. The van der Waals surface area contributed by atoms with Crippen LogP contribution in [0.4, 0.5) is 0 Å². The molecule has 0 aliphatic carbocycles. The fourth-order valence-corrected chi connectivity index (χ4v) is 6.69. The monoisotopic (exact) mass is 552 g/mol. The summed E-state index contributed by atoms with van der Waals surface area (Å²) in [5, 5.41) is 7.33. The van der Waals surface area contributed by atoms with E-state index in [1.165, 1.54) is 54.9 Å². The van der Waals surface area contributed by atoms with Gasteiger partial charge in [-0.3, -0.25) is 0 Å². The summed E-state index contributed by atoms with van der Waals surface area (Å²) in [6.07, 6.45) is 0. The average Bonchev–Trinajstić information content (AvgIpc) is 3.42. The van der Waals surface area contributed by atoms with Gasteiger partial charge in [-0.05, 0) is 72.5 Å². The Bertz CT molecular complexity index is 2260. The van der Waals surface area contributed by atoms with Crippen LogP contribution in [0.5, 0.6) is 0 Å². The van der Waals surface area contributed by atoms with E-state index >= 15 is 0 Å². The van der Waals surface area contributed by atoms with Crippen molar-refractivity contribution in [3.63, 3.8) is 0 Å². The maximum atomic E-state index is 6.61. The van der Waals surface area contributed by atoms with Gasteiger partial charge in [-0.15, -0.1) is 0 Å². The van der Waals surface area contributed by atoms with E-state index in [0.29, 0.717) is 0 Å². The fourth-order valence-electron chi connectivity index (χ4n) is 6.69. The Balaban J connectivity index is 1.38. The molecule has 0 N–H and O–H groups in total. The Labute approximate surface area is 252 Å². The van der Waals surface area contributed by atoms with Crippen LogP contribution in [0.15, 0.2) is 144 Å². The molecule has 0 fully saturated rings. The molecule has 7 aromatic carbocycles. The van der Waals surface area contributed by atoms with Gasteiger partial charge >= 0.3 is 0 Å². The van der Waals surface area contributed by atoms with Gasteiger partial charge in [0.15, 0.2) is 0 Å². The predicted octanol–water partition coefficient (Wildman–Crippen LogP) is 12.2. The summed E-state index contributed by atoms with van der Waals surface area (Å²) in [6, 6.07) is 50.5. The molecule has 43 heavy (non-hydrogen) atoms. The molecule has 8 rings (SSSR count). The second-order valence-electron chi connectivity index (χ2n) is 12.5. The van der Waals surface area contributed by atoms with Crippen LogP contribution in [-0.2, 0) is 5.41 Å². The third-order valence-electron chi connectivity index (χ3n) is 8.82. The molecule has 0 amide bonds. The van der Waals surface area contributed by atoms with Gasteiger partial charge in [0.2, 0.25) is 0 Å². The van der Waals surface area contributed by atoms with Gasteiger partial charge < -0.3 is 4.42 Å². The second-order valence-corrected chi connectivity index (χ2v) is 12.5. The zero-order valence-electron chi connectivity index (χ0n) is 24.7. The van der Waals surface area contributed by atoms with Crippen LogP contribution < -0.4 is 0 Å². The summed E-state index contributed by atoms with van der Waals surface area (Å²) < 4.78 is 6.61. The largest absolute Gasteiger partial charge is 0.455 e. The first-order valence-corrected chi connectivity index (χ1v) is 15.0. The molecule has 1 nitrogen and oxygen atoms in total. The second kappa shape index (κ2) is 9.71. The zero-order chi connectivity index (χ0) is 29.1. The SMILES string of the molecule is CC(C)(C)c1cccc(-c2cccc3c2oc2ccc(-c4c5ccccc5c(-c5ccccc5)c5ccccc45)cc23)c1. The van der Waals surface area contributed by atoms with Crippen molar-refractivity contribution in [1.29, 1.82) is 0 Å². The Morgan fingerprint density at radius 1 is 0.419 bits per heavy atom. The Morgan fingerprint density at radius 2 is 0.977 bits per heavy atom. The van der Waals surface area contributed by atoms with E-state index in [2.05, 4.69) is 160 Å². The summed E-state index contributed by atoms with van der Waals surface area (Å²) in [4.78, 5) is 0. The van der Waals surface area contributed by atoms with Crippen LogP contribution in [0.1, 0.15) is 26.3 Å². The van der Waals surface area contributed by atoms with E-state index in [4.69, 9.17) is 4.42 Å². The molecule has 1 heteroatoms. The highest BCUT2D eigenvalue weighted by Crippen LogP contribution is 2.45. The number of hydrogen-bond donors (Lipinski definition) is 0. The third kappa shape index (κ3) is 4.15. The van der Waals surface area contributed by atoms with E-state index in [-0.39, 0.29) is 5.41 Å². The summed E-state index contributed by atoms with van der Waals surface area (Å²) in [5.41, 5.74) is 10.5. The molecular weight excluding hydrogens is 520 g/mol. The molecule has 0 unspecified atom stereocenters. The number of para-hydroxylation sites is 1. The smallest absolute Gasteiger partial charge is 0.143 e. The molecule has 0 saturated heterocycles. The van der Waals surface area contributed by atoms with E-state index in [9.17, 15) is 0 Å². The summed E-state index contributed by atoms with van der Waals surface area (Å²) in [6.45, 7) is 6.78. The van der Waals surface area contributed by atoms with Crippen molar-refractivity contribution in [2.45, 2.75) is 26.2 Å². The van der Waals surface area contributed by atoms with Crippen molar-refractivity contribution in [2.24, 2.45) is 0 Å². The molecule has 0 atom stereocenters. The molecule has 0 bridgehead atoms. The lowest BCUT2D eigenvalue weighted by molar-refractivity contribution is 0.590. The molecule has 0 aliphatic rings. The topological polar surface area (TPSA) is 13.1 Å². The van der Waals surface area contributed by atoms with Crippen molar-refractivity contribution >= 4 is 43.5 Å². The molecule has 0 aliphatic heterocycles. The highest BCUT2D eigenvalue weighted by molar-refractivity contribution is 6.22. The number of benzene rings is 7. The molecule has 0 saturated carbocycles. The summed E-state index contributed by atoms with van der Waals surface area (Å²) in [7, 11) is 0. The van der Waals surface area contributed by atoms with Crippen LogP contribution in [0, 0.1) is 0 Å². The Morgan fingerprint density at radius 3 is 1.63 bits per heavy atom. The molecule has 8 aromatic rings. The van der Waals surface area contributed by atoms with Crippen LogP contribution >= 0.6 is 0 Å². The Hall–Kier alpha value is -5.14. The van der Waals surface area contributed by atoms with Gasteiger partial charge in [0.25, 0.3) is 0 Å². The first kappa shape index (κ1) is 25.6. The quantitative estimate of drug-likeness (QED) is 0.199. The van der Waals surface area contributed by atoms with Gasteiger partial charge in [-0.1, -0.05) is 148 Å². The van der Waals surface area contributed by atoms with Gasteiger partial charge in [-0.25, -0.2) is 0 Å². The lowest BCUT2D eigenvalue weighted by Gasteiger charge is -2.19. The maximum absolute atomic E-state index is 6.61. The zero-order valence-corrected chi connectivity index (χ0v) is 24.7. The third-order valence-corrected chi connectivity index (χ3v) is 8.82. The number of fused-ring (bicyclic) bond motifs is 5.